The fraction of sp³-hybridized carbons (Fsp3) is 0.588. The lowest BCUT2D eigenvalue weighted by Crippen LogP contribution is -2.50. The van der Waals surface area contributed by atoms with Gasteiger partial charge in [0.25, 0.3) is 0 Å². The van der Waals surface area contributed by atoms with Crippen molar-refractivity contribution in [1.82, 2.24) is 5.32 Å². The first-order valence-electron chi connectivity index (χ1n) is 7.50. The molecule has 1 fully saturated rings. The Morgan fingerprint density at radius 2 is 2.19 bits per heavy atom. The van der Waals surface area contributed by atoms with Crippen molar-refractivity contribution in [1.29, 1.82) is 0 Å². The molecule has 1 aromatic carbocycles. The summed E-state index contributed by atoms with van der Waals surface area (Å²) in [5, 5.41) is 3.35. The maximum atomic E-state index is 12.3. The standard InChI is InChI=1S/C17H25NO3/c1-12-7-8-14(10-13(12)2)17(3,16(19)20-4)18-11-15-6-5-9-21-15/h7-8,10,15,18H,5-6,9,11H2,1-4H3. The lowest BCUT2D eigenvalue weighted by atomic mass is 9.89. The number of carbonyl (C=O) groups is 1. The molecule has 0 spiro atoms. The first kappa shape index (κ1) is 16.0. The topological polar surface area (TPSA) is 47.6 Å². The van der Waals surface area contributed by atoms with Crippen molar-refractivity contribution in [3.8, 4) is 0 Å². The van der Waals surface area contributed by atoms with Gasteiger partial charge in [0.15, 0.2) is 0 Å². The van der Waals surface area contributed by atoms with Crippen LogP contribution in [0.15, 0.2) is 18.2 Å². The van der Waals surface area contributed by atoms with Gasteiger partial charge in [-0.05, 0) is 50.3 Å². The summed E-state index contributed by atoms with van der Waals surface area (Å²) >= 11 is 0. The van der Waals surface area contributed by atoms with E-state index in [9.17, 15) is 4.79 Å². The molecule has 4 nitrogen and oxygen atoms in total. The van der Waals surface area contributed by atoms with E-state index in [1.807, 2.05) is 19.1 Å². The average molecular weight is 291 g/mol. The minimum Gasteiger partial charge on any atom is -0.467 e. The van der Waals surface area contributed by atoms with Crippen molar-refractivity contribution in [3.63, 3.8) is 0 Å². The molecular weight excluding hydrogens is 266 g/mol. The number of esters is 1. The van der Waals surface area contributed by atoms with E-state index in [0.717, 1.165) is 25.0 Å². The Morgan fingerprint density at radius 3 is 2.76 bits per heavy atom. The monoisotopic (exact) mass is 291 g/mol. The maximum absolute atomic E-state index is 12.3. The summed E-state index contributed by atoms with van der Waals surface area (Å²) in [6.45, 7) is 7.45. The molecule has 1 heterocycles. The van der Waals surface area contributed by atoms with Gasteiger partial charge in [-0.25, -0.2) is 4.79 Å². The van der Waals surface area contributed by atoms with Gasteiger partial charge in [-0.2, -0.15) is 0 Å². The first-order chi connectivity index (χ1) is 9.97. The summed E-state index contributed by atoms with van der Waals surface area (Å²) in [4.78, 5) is 12.3. The highest BCUT2D eigenvalue weighted by Gasteiger charge is 2.37. The van der Waals surface area contributed by atoms with Gasteiger partial charge < -0.3 is 9.47 Å². The molecule has 1 aromatic rings. The molecule has 1 aliphatic rings. The number of hydrogen-bond acceptors (Lipinski definition) is 4. The third kappa shape index (κ3) is 3.44. The quantitative estimate of drug-likeness (QED) is 0.847. The molecule has 1 N–H and O–H groups in total. The van der Waals surface area contributed by atoms with Gasteiger partial charge in [0.05, 0.1) is 13.2 Å². The van der Waals surface area contributed by atoms with Crippen molar-refractivity contribution in [3.05, 3.63) is 34.9 Å². The van der Waals surface area contributed by atoms with Crippen LogP contribution in [0.3, 0.4) is 0 Å². The van der Waals surface area contributed by atoms with Gasteiger partial charge in [0, 0.05) is 13.2 Å². The Balaban J connectivity index is 2.22. The molecule has 0 aromatic heterocycles. The highest BCUT2D eigenvalue weighted by molar-refractivity contribution is 5.82. The van der Waals surface area contributed by atoms with E-state index >= 15 is 0 Å². The van der Waals surface area contributed by atoms with Crippen LogP contribution in [0, 0.1) is 13.8 Å². The summed E-state index contributed by atoms with van der Waals surface area (Å²) in [6.07, 6.45) is 2.31. The number of carbonyl (C=O) groups excluding carboxylic acids is 1. The molecule has 2 unspecified atom stereocenters. The van der Waals surface area contributed by atoms with E-state index in [4.69, 9.17) is 9.47 Å². The van der Waals surface area contributed by atoms with Crippen LogP contribution in [0.5, 0.6) is 0 Å². The molecule has 2 atom stereocenters. The number of methoxy groups -OCH3 is 1. The van der Waals surface area contributed by atoms with Gasteiger partial charge in [-0.15, -0.1) is 0 Å². The van der Waals surface area contributed by atoms with Gasteiger partial charge in [-0.1, -0.05) is 18.2 Å². The third-order valence-electron chi connectivity index (χ3n) is 4.39. The molecule has 0 radical (unpaired) electrons. The zero-order valence-electron chi connectivity index (χ0n) is 13.4. The molecule has 2 rings (SSSR count). The van der Waals surface area contributed by atoms with Crippen molar-refractivity contribution in [2.75, 3.05) is 20.3 Å². The molecule has 1 aliphatic heterocycles. The van der Waals surface area contributed by atoms with Crippen LogP contribution in [-0.2, 0) is 19.8 Å². The zero-order valence-corrected chi connectivity index (χ0v) is 13.4. The predicted octanol–water partition coefficient (Wildman–Crippen LogP) is 2.46. The SMILES string of the molecule is COC(=O)C(C)(NCC1CCCO1)c1ccc(C)c(C)c1. The summed E-state index contributed by atoms with van der Waals surface area (Å²) in [6, 6.07) is 6.08. The van der Waals surface area contributed by atoms with E-state index in [-0.39, 0.29) is 12.1 Å². The smallest absolute Gasteiger partial charge is 0.330 e. The fourth-order valence-corrected chi connectivity index (χ4v) is 2.67. The van der Waals surface area contributed by atoms with Crippen molar-refractivity contribution >= 4 is 5.97 Å². The zero-order chi connectivity index (χ0) is 15.5. The van der Waals surface area contributed by atoms with Gasteiger partial charge in [0.2, 0.25) is 0 Å². The van der Waals surface area contributed by atoms with Crippen molar-refractivity contribution in [2.24, 2.45) is 0 Å². The Labute approximate surface area is 126 Å². The van der Waals surface area contributed by atoms with E-state index in [0.29, 0.717) is 6.54 Å². The largest absolute Gasteiger partial charge is 0.467 e. The Bertz CT molecular complexity index is 509. The van der Waals surface area contributed by atoms with E-state index < -0.39 is 5.54 Å². The second-order valence-corrected chi connectivity index (χ2v) is 5.93. The number of nitrogens with one attached hydrogen (secondary N) is 1. The van der Waals surface area contributed by atoms with Crippen LogP contribution in [0.25, 0.3) is 0 Å². The Hall–Kier alpha value is -1.39. The van der Waals surface area contributed by atoms with Gasteiger partial charge >= 0.3 is 5.97 Å². The first-order valence-corrected chi connectivity index (χ1v) is 7.50. The van der Waals surface area contributed by atoms with E-state index in [1.165, 1.54) is 18.2 Å². The fourth-order valence-electron chi connectivity index (χ4n) is 2.67. The number of hydrogen-bond donors (Lipinski definition) is 1. The number of ether oxygens (including phenoxy) is 2. The summed E-state index contributed by atoms with van der Waals surface area (Å²) in [5.74, 6) is -0.274. The average Bonchev–Trinajstić information content (AvgIpc) is 3.00. The summed E-state index contributed by atoms with van der Waals surface area (Å²) < 4.78 is 10.6. The van der Waals surface area contributed by atoms with Crippen LogP contribution in [0.1, 0.15) is 36.5 Å². The molecule has 0 aliphatic carbocycles. The number of benzene rings is 1. The molecule has 4 heteroatoms. The molecule has 116 valence electrons. The van der Waals surface area contributed by atoms with E-state index in [1.54, 1.807) is 0 Å². The molecule has 1 saturated heterocycles. The summed E-state index contributed by atoms with van der Waals surface area (Å²) in [5.41, 5.74) is 2.46. The molecule has 0 bridgehead atoms. The highest BCUT2D eigenvalue weighted by Crippen LogP contribution is 2.25. The minimum atomic E-state index is -0.848. The normalized spacial score (nSPS) is 21.0. The highest BCUT2D eigenvalue weighted by atomic mass is 16.5. The Kier molecular flexibility index (Phi) is 5.01. The predicted molar refractivity (Wildman–Crippen MR) is 82.3 cm³/mol. The molecule has 0 amide bonds. The van der Waals surface area contributed by atoms with E-state index in [2.05, 4.69) is 25.2 Å². The lowest BCUT2D eigenvalue weighted by Gasteiger charge is -2.30. The third-order valence-corrected chi connectivity index (χ3v) is 4.39. The minimum absolute atomic E-state index is 0.181. The van der Waals surface area contributed by atoms with Crippen LogP contribution in [-0.4, -0.2) is 32.3 Å². The molecule has 0 saturated carbocycles. The van der Waals surface area contributed by atoms with Crippen molar-refractivity contribution in [2.45, 2.75) is 45.3 Å². The van der Waals surface area contributed by atoms with Crippen molar-refractivity contribution < 1.29 is 14.3 Å². The molecular formula is C17H25NO3. The maximum Gasteiger partial charge on any atom is 0.330 e. The summed E-state index contributed by atoms with van der Waals surface area (Å²) in [7, 11) is 1.43. The molecule has 21 heavy (non-hydrogen) atoms. The van der Waals surface area contributed by atoms with Crippen LogP contribution in [0.2, 0.25) is 0 Å². The lowest BCUT2D eigenvalue weighted by molar-refractivity contribution is -0.148. The van der Waals surface area contributed by atoms with Crippen LogP contribution >= 0.6 is 0 Å². The van der Waals surface area contributed by atoms with Crippen LogP contribution in [0.4, 0.5) is 0 Å². The number of aryl methyl sites for hydroxylation is 2. The van der Waals surface area contributed by atoms with Gasteiger partial charge in [-0.3, -0.25) is 5.32 Å². The second kappa shape index (κ2) is 6.58. The Morgan fingerprint density at radius 1 is 1.43 bits per heavy atom. The van der Waals surface area contributed by atoms with Gasteiger partial charge in [0.1, 0.15) is 5.54 Å². The second-order valence-electron chi connectivity index (χ2n) is 5.93. The van der Waals surface area contributed by atoms with Crippen LogP contribution < -0.4 is 5.32 Å². The number of rotatable bonds is 5.